The fourth-order valence-electron chi connectivity index (χ4n) is 2.06. The van der Waals surface area contributed by atoms with Gasteiger partial charge in [0, 0.05) is 17.3 Å². The number of hydrogen-bond acceptors (Lipinski definition) is 2. The minimum absolute atomic E-state index is 0.257. The molecule has 1 aromatic rings. The molecule has 0 spiro atoms. The minimum atomic E-state index is 0.257. The first-order valence-corrected chi connectivity index (χ1v) is 6.39. The van der Waals surface area contributed by atoms with Crippen molar-refractivity contribution in [2.75, 3.05) is 6.61 Å². The van der Waals surface area contributed by atoms with E-state index in [0.29, 0.717) is 6.42 Å². The first-order valence-electron chi connectivity index (χ1n) is 5.60. The molecule has 86 valence electrons. The molecule has 1 heterocycles. The molecule has 0 unspecified atom stereocenters. The van der Waals surface area contributed by atoms with Crippen molar-refractivity contribution in [3.8, 4) is 5.75 Å². The molecule has 3 heteroatoms. The summed E-state index contributed by atoms with van der Waals surface area (Å²) in [5, 5.41) is 0. The van der Waals surface area contributed by atoms with Crippen molar-refractivity contribution < 1.29 is 9.53 Å². The molecular formula is C13H15BrO2. The minimum Gasteiger partial charge on any atom is -0.493 e. The zero-order valence-electron chi connectivity index (χ0n) is 9.38. The van der Waals surface area contributed by atoms with Crippen molar-refractivity contribution in [3.05, 3.63) is 27.7 Å². The van der Waals surface area contributed by atoms with Crippen molar-refractivity contribution in [2.45, 2.75) is 32.6 Å². The Morgan fingerprint density at radius 2 is 2.31 bits per heavy atom. The zero-order valence-corrected chi connectivity index (χ0v) is 11.0. The average molecular weight is 283 g/mol. The van der Waals surface area contributed by atoms with Gasteiger partial charge in [0.15, 0.2) is 0 Å². The molecule has 0 atom stereocenters. The van der Waals surface area contributed by atoms with Crippen LogP contribution in [-0.2, 0) is 17.6 Å². The van der Waals surface area contributed by atoms with E-state index in [-0.39, 0.29) is 5.78 Å². The van der Waals surface area contributed by atoms with Gasteiger partial charge in [-0.05, 0) is 43.0 Å². The summed E-state index contributed by atoms with van der Waals surface area (Å²) in [4.78, 5) is 10.9. The van der Waals surface area contributed by atoms with Gasteiger partial charge >= 0.3 is 0 Å². The van der Waals surface area contributed by atoms with Gasteiger partial charge in [0.1, 0.15) is 11.5 Å². The molecule has 16 heavy (non-hydrogen) atoms. The number of Topliss-reactive ketones (excluding diaryl/α,β-unsaturated/α-hetero) is 1. The lowest BCUT2D eigenvalue weighted by Crippen LogP contribution is -1.95. The number of benzene rings is 1. The van der Waals surface area contributed by atoms with Gasteiger partial charge < -0.3 is 9.53 Å². The zero-order chi connectivity index (χ0) is 11.5. The Balaban J connectivity index is 2.11. The SMILES string of the molecule is CC(=O)CCCc1cc(Br)cc2c1OCC2. The third-order valence-corrected chi connectivity index (χ3v) is 3.26. The third kappa shape index (κ3) is 2.64. The topological polar surface area (TPSA) is 26.3 Å². The fraction of sp³-hybridized carbons (Fsp3) is 0.462. The summed E-state index contributed by atoms with van der Waals surface area (Å²) in [7, 11) is 0. The maximum Gasteiger partial charge on any atom is 0.129 e. The standard InChI is InChI=1S/C13H15BrO2/c1-9(15)3-2-4-10-7-12(14)8-11-5-6-16-13(10)11/h7-8H,2-6H2,1H3. The van der Waals surface area contributed by atoms with Gasteiger partial charge in [-0.25, -0.2) is 0 Å². The smallest absolute Gasteiger partial charge is 0.129 e. The van der Waals surface area contributed by atoms with Gasteiger partial charge in [0.25, 0.3) is 0 Å². The van der Waals surface area contributed by atoms with Gasteiger partial charge in [-0.2, -0.15) is 0 Å². The normalized spacial score (nSPS) is 13.4. The molecule has 0 radical (unpaired) electrons. The molecule has 1 aliphatic heterocycles. The number of ketones is 1. The Morgan fingerprint density at radius 3 is 3.06 bits per heavy atom. The summed E-state index contributed by atoms with van der Waals surface area (Å²) >= 11 is 3.51. The number of hydrogen-bond donors (Lipinski definition) is 0. The molecule has 0 saturated carbocycles. The van der Waals surface area contributed by atoms with E-state index in [1.54, 1.807) is 6.92 Å². The summed E-state index contributed by atoms with van der Waals surface area (Å²) in [6.07, 6.45) is 3.47. The third-order valence-electron chi connectivity index (χ3n) is 2.80. The highest BCUT2D eigenvalue weighted by Crippen LogP contribution is 2.33. The van der Waals surface area contributed by atoms with Gasteiger partial charge in [0.05, 0.1) is 6.61 Å². The summed E-state index contributed by atoms with van der Waals surface area (Å²) in [6, 6.07) is 4.22. The van der Waals surface area contributed by atoms with E-state index in [0.717, 1.165) is 36.1 Å². The summed E-state index contributed by atoms with van der Waals surface area (Å²) in [5.74, 6) is 1.30. The van der Waals surface area contributed by atoms with E-state index < -0.39 is 0 Å². The first kappa shape index (κ1) is 11.6. The van der Waals surface area contributed by atoms with E-state index >= 15 is 0 Å². The van der Waals surface area contributed by atoms with E-state index in [2.05, 4.69) is 28.1 Å². The Kier molecular flexibility index (Phi) is 3.64. The summed E-state index contributed by atoms with van der Waals surface area (Å²) < 4.78 is 6.74. The molecule has 0 bridgehead atoms. The van der Waals surface area contributed by atoms with Crippen LogP contribution >= 0.6 is 15.9 Å². The molecule has 1 aromatic carbocycles. The lowest BCUT2D eigenvalue weighted by Gasteiger charge is -2.08. The van der Waals surface area contributed by atoms with Crippen LogP contribution in [0.25, 0.3) is 0 Å². The number of carbonyl (C=O) groups excluding carboxylic acids is 1. The Morgan fingerprint density at radius 1 is 1.50 bits per heavy atom. The van der Waals surface area contributed by atoms with Crippen molar-refractivity contribution >= 4 is 21.7 Å². The molecule has 1 aliphatic rings. The average Bonchev–Trinajstić information content (AvgIpc) is 2.64. The second-order valence-corrected chi connectivity index (χ2v) is 5.12. The highest BCUT2D eigenvalue weighted by atomic mass is 79.9. The largest absolute Gasteiger partial charge is 0.493 e. The van der Waals surface area contributed by atoms with Crippen LogP contribution in [0.15, 0.2) is 16.6 Å². The number of ether oxygens (including phenoxy) is 1. The van der Waals surface area contributed by atoms with Crippen LogP contribution in [0.3, 0.4) is 0 Å². The molecule has 0 aliphatic carbocycles. The fourth-order valence-corrected chi connectivity index (χ4v) is 2.61. The Labute approximate surface area is 104 Å². The first-order chi connectivity index (χ1) is 7.66. The predicted molar refractivity (Wildman–Crippen MR) is 67.0 cm³/mol. The maximum absolute atomic E-state index is 10.9. The summed E-state index contributed by atoms with van der Waals surface area (Å²) in [5.41, 5.74) is 2.51. The second kappa shape index (κ2) is 5.00. The van der Waals surface area contributed by atoms with E-state index in [9.17, 15) is 4.79 Å². The lowest BCUT2D eigenvalue weighted by molar-refractivity contribution is -0.117. The van der Waals surface area contributed by atoms with Gasteiger partial charge in [-0.1, -0.05) is 15.9 Å². The molecule has 0 fully saturated rings. The lowest BCUT2D eigenvalue weighted by atomic mass is 10.0. The Bertz CT molecular complexity index is 413. The second-order valence-electron chi connectivity index (χ2n) is 4.21. The monoisotopic (exact) mass is 282 g/mol. The van der Waals surface area contributed by atoms with E-state index in [4.69, 9.17) is 4.74 Å². The number of aryl methyl sites for hydroxylation is 1. The van der Waals surface area contributed by atoms with Crippen LogP contribution in [0, 0.1) is 0 Å². The molecule has 0 saturated heterocycles. The molecule has 0 aromatic heterocycles. The molecular weight excluding hydrogens is 268 g/mol. The summed E-state index contributed by atoms with van der Waals surface area (Å²) in [6.45, 7) is 2.42. The van der Waals surface area contributed by atoms with Crippen molar-refractivity contribution in [3.63, 3.8) is 0 Å². The molecule has 2 nitrogen and oxygen atoms in total. The number of carbonyl (C=O) groups is 1. The van der Waals surface area contributed by atoms with Gasteiger partial charge in [0.2, 0.25) is 0 Å². The van der Waals surface area contributed by atoms with Crippen molar-refractivity contribution in [1.82, 2.24) is 0 Å². The molecule has 0 amide bonds. The van der Waals surface area contributed by atoms with E-state index in [1.807, 2.05) is 0 Å². The quantitative estimate of drug-likeness (QED) is 0.847. The van der Waals surface area contributed by atoms with Crippen LogP contribution in [0.2, 0.25) is 0 Å². The molecule has 2 rings (SSSR count). The van der Waals surface area contributed by atoms with Crippen LogP contribution in [0.4, 0.5) is 0 Å². The van der Waals surface area contributed by atoms with Crippen LogP contribution < -0.4 is 4.74 Å². The number of halogens is 1. The number of fused-ring (bicyclic) bond motifs is 1. The van der Waals surface area contributed by atoms with E-state index in [1.165, 1.54) is 11.1 Å². The molecule has 0 N–H and O–H groups in total. The van der Waals surface area contributed by atoms with Gasteiger partial charge in [-0.3, -0.25) is 0 Å². The highest BCUT2D eigenvalue weighted by molar-refractivity contribution is 9.10. The highest BCUT2D eigenvalue weighted by Gasteiger charge is 2.17. The van der Waals surface area contributed by atoms with Crippen LogP contribution in [0.5, 0.6) is 5.75 Å². The van der Waals surface area contributed by atoms with Gasteiger partial charge in [-0.15, -0.1) is 0 Å². The maximum atomic E-state index is 10.9. The van der Waals surface area contributed by atoms with Crippen molar-refractivity contribution in [1.29, 1.82) is 0 Å². The van der Waals surface area contributed by atoms with Crippen molar-refractivity contribution in [2.24, 2.45) is 0 Å². The predicted octanol–water partition coefficient (Wildman–Crippen LogP) is 3.30. The Hall–Kier alpha value is -0.830. The van der Waals surface area contributed by atoms with Crippen LogP contribution in [0.1, 0.15) is 30.9 Å². The number of rotatable bonds is 4. The van der Waals surface area contributed by atoms with Crippen LogP contribution in [-0.4, -0.2) is 12.4 Å².